The van der Waals surface area contributed by atoms with Gasteiger partial charge in [-0.3, -0.25) is 0 Å². The number of rotatable bonds is 2. The molecule has 1 heterocycles. The predicted octanol–water partition coefficient (Wildman–Crippen LogP) is 1.76. The Labute approximate surface area is 73.9 Å². The van der Waals surface area contributed by atoms with E-state index in [1.165, 1.54) is 12.8 Å². The third kappa shape index (κ3) is 1.61. The van der Waals surface area contributed by atoms with Crippen LogP contribution in [0.2, 0.25) is 0 Å². The zero-order chi connectivity index (χ0) is 7.84. The number of nitrogens with zero attached hydrogens (tertiary/aromatic N) is 3. The first-order valence-corrected chi connectivity index (χ1v) is 4.62. The SMILES string of the molecule is Cc1nn(CC2CC2)nc1Br. The summed E-state index contributed by atoms with van der Waals surface area (Å²) in [5.41, 5.74) is 0.977. The topological polar surface area (TPSA) is 30.7 Å². The normalized spacial score (nSPS) is 17.3. The van der Waals surface area contributed by atoms with Gasteiger partial charge in [0.15, 0.2) is 4.60 Å². The Morgan fingerprint density at radius 2 is 2.27 bits per heavy atom. The molecule has 0 atom stereocenters. The van der Waals surface area contributed by atoms with Gasteiger partial charge in [-0.1, -0.05) is 0 Å². The van der Waals surface area contributed by atoms with E-state index < -0.39 is 0 Å². The molecule has 2 rings (SSSR count). The van der Waals surface area contributed by atoms with E-state index in [-0.39, 0.29) is 0 Å². The molecule has 11 heavy (non-hydrogen) atoms. The van der Waals surface area contributed by atoms with Gasteiger partial charge in [-0.2, -0.15) is 9.90 Å². The molecule has 1 fully saturated rings. The Bertz CT molecular complexity index is 245. The molecule has 0 N–H and O–H groups in total. The summed E-state index contributed by atoms with van der Waals surface area (Å²) >= 11 is 3.33. The van der Waals surface area contributed by atoms with Crippen molar-refractivity contribution in [1.29, 1.82) is 0 Å². The number of halogens is 1. The smallest absolute Gasteiger partial charge is 0.151 e. The van der Waals surface area contributed by atoms with E-state index in [2.05, 4.69) is 26.1 Å². The van der Waals surface area contributed by atoms with Crippen molar-refractivity contribution >= 4 is 15.9 Å². The van der Waals surface area contributed by atoms with Gasteiger partial charge in [-0.15, -0.1) is 5.10 Å². The molecule has 1 aromatic rings. The van der Waals surface area contributed by atoms with E-state index >= 15 is 0 Å². The summed E-state index contributed by atoms with van der Waals surface area (Å²) < 4.78 is 0.873. The van der Waals surface area contributed by atoms with Crippen LogP contribution in [-0.4, -0.2) is 15.0 Å². The first-order chi connectivity index (χ1) is 5.25. The van der Waals surface area contributed by atoms with Crippen LogP contribution in [-0.2, 0) is 6.54 Å². The van der Waals surface area contributed by atoms with Crippen molar-refractivity contribution in [2.75, 3.05) is 0 Å². The lowest BCUT2D eigenvalue weighted by Gasteiger charge is -1.93. The fourth-order valence-electron chi connectivity index (χ4n) is 1.02. The number of aromatic nitrogens is 3. The zero-order valence-corrected chi connectivity index (χ0v) is 8.00. The van der Waals surface area contributed by atoms with Gasteiger partial charge in [0.1, 0.15) is 0 Å². The average Bonchev–Trinajstić information content (AvgIpc) is 2.65. The minimum Gasteiger partial charge on any atom is -0.183 e. The third-order valence-electron chi connectivity index (χ3n) is 1.89. The second kappa shape index (κ2) is 2.59. The molecular weight excluding hydrogens is 206 g/mol. The first-order valence-electron chi connectivity index (χ1n) is 3.83. The van der Waals surface area contributed by atoms with Gasteiger partial charge in [0.05, 0.1) is 12.2 Å². The van der Waals surface area contributed by atoms with E-state index in [4.69, 9.17) is 0 Å². The summed E-state index contributed by atoms with van der Waals surface area (Å²) in [7, 11) is 0. The van der Waals surface area contributed by atoms with Crippen LogP contribution in [0.5, 0.6) is 0 Å². The van der Waals surface area contributed by atoms with Gasteiger partial charge < -0.3 is 0 Å². The first kappa shape index (κ1) is 7.28. The molecule has 3 nitrogen and oxygen atoms in total. The highest BCUT2D eigenvalue weighted by Gasteiger charge is 2.22. The zero-order valence-electron chi connectivity index (χ0n) is 6.42. The summed E-state index contributed by atoms with van der Waals surface area (Å²) in [5, 5.41) is 8.46. The van der Waals surface area contributed by atoms with Crippen molar-refractivity contribution in [1.82, 2.24) is 15.0 Å². The van der Waals surface area contributed by atoms with Crippen molar-refractivity contribution in [3.8, 4) is 0 Å². The predicted molar refractivity (Wildman–Crippen MR) is 45.2 cm³/mol. The number of aryl methyl sites for hydroxylation is 1. The summed E-state index contributed by atoms with van der Waals surface area (Å²) in [4.78, 5) is 1.79. The molecule has 0 amide bonds. The second-order valence-corrected chi connectivity index (χ2v) is 3.83. The highest BCUT2D eigenvalue weighted by molar-refractivity contribution is 9.10. The molecule has 1 saturated carbocycles. The minimum atomic E-state index is 0.841. The third-order valence-corrected chi connectivity index (χ3v) is 2.62. The summed E-state index contributed by atoms with van der Waals surface area (Å²) in [6.07, 6.45) is 2.69. The van der Waals surface area contributed by atoms with Gasteiger partial charge in [-0.25, -0.2) is 0 Å². The summed E-state index contributed by atoms with van der Waals surface area (Å²) in [5.74, 6) is 0.841. The van der Waals surface area contributed by atoms with Crippen molar-refractivity contribution in [2.24, 2.45) is 5.92 Å². The lowest BCUT2D eigenvalue weighted by molar-refractivity contribution is 0.494. The molecule has 1 aromatic heterocycles. The highest BCUT2D eigenvalue weighted by Crippen LogP contribution is 2.30. The van der Waals surface area contributed by atoms with Gasteiger partial charge in [-0.05, 0) is 41.6 Å². The number of hydrogen-bond acceptors (Lipinski definition) is 2. The van der Waals surface area contributed by atoms with Crippen LogP contribution >= 0.6 is 15.9 Å². The Morgan fingerprint density at radius 3 is 2.73 bits per heavy atom. The standard InChI is InChI=1S/C7H10BrN3/c1-5-7(8)10-11(9-5)4-6-2-3-6/h6H,2-4H2,1H3. The molecule has 60 valence electrons. The van der Waals surface area contributed by atoms with E-state index in [1.807, 2.05) is 6.92 Å². The van der Waals surface area contributed by atoms with Crippen LogP contribution < -0.4 is 0 Å². The summed E-state index contributed by atoms with van der Waals surface area (Å²) in [6.45, 7) is 2.95. The molecule has 0 saturated heterocycles. The molecule has 1 aliphatic carbocycles. The summed E-state index contributed by atoms with van der Waals surface area (Å²) in [6, 6.07) is 0. The Morgan fingerprint density at radius 1 is 1.55 bits per heavy atom. The maximum atomic E-state index is 4.25. The van der Waals surface area contributed by atoms with E-state index in [1.54, 1.807) is 4.80 Å². The number of hydrogen-bond donors (Lipinski definition) is 0. The molecule has 0 aromatic carbocycles. The highest BCUT2D eigenvalue weighted by atomic mass is 79.9. The van der Waals surface area contributed by atoms with Crippen LogP contribution in [0.15, 0.2) is 4.60 Å². The average molecular weight is 216 g/mol. The fourth-order valence-corrected chi connectivity index (χ4v) is 1.29. The van der Waals surface area contributed by atoms with Gasteiger partial charge >= 0.3 is 0 Å². The van der Waals surface area contributed by atoms with Crippen molar-refractivity contribution in [3.05, 3.63) is 10.3 Å². The Hall–Kier alpha value is -0.380. The van der Waals surface area contributed by atoms with E-state index in [0.29, 0.717) is 0 Å². The van der Waals surface area contributed by atoms with E-state index in [0.717, 1.165) is 22.8 Å². The largest absolute Gasteiger partial charge is 0.183 e. The van der Waals surface area contributed by atoms with Crippen LogP contribution in [0.1, 0.15) is 18.5 Å². The molecule has 1 aliphatic rings. The van der Waals surface area contributed by atoms with Crippen LogP contribution in [0.3, 0.4) is 0 Å². The maximum absolute atomic E-state index is 4.25. The fraction of sp³-hybridized carbons (Fsp3) is 0.714. The Kier molecular flexibility index (Phi) is 1.71. The molecular formula is C7H10BrN3. The Balaban J connectivity index is 2.11. The molecule has 0 radical (unpaired) electrons. The van der Waals surface area contributed by atoms with Crippen LogP contribution in [0.25, 0.3) is 0 Å². The van der Waals surface area contributed by atoms with Crippen LogP contribution in [0.4, 0.5) is 0 Å². The second-order valence-electron chi connectivity index (χ2n) is 3.07. The van der Waals surface area contributed by atoms with Crippen LogP contribution in [0, 0.1) is 12.8 Å². The van der Waals surface area contributed by atoms with Crippen molar-refractivity contribution in [2.45, 2.75) is 26.3 Å². The van der Waals surface area contributed by atoms with Gasteiger partial charge in [0, 0.05) is 0 Å². The molecule has 0 spiro atoms. The molecule has 0 aliphatic heterocycles. The van der Waals surface area contributed by atoms with Crippen molar-refractivity contribution in [3.63, 3.8) is 0 Å². The lowest BCUT2D eigenvalue weighted by Crippen LogP contribution is -2.03. The lowest BCUT2D eigenvalue weighted by atomic mass is 10.4. The minimum absolute atomic E-state index is 0.841. The molecule has 4 heteroatoms. The van der Waals surface area contributed by atoms with E-state index in [9.17, 15) is 0 Å². The maximum Gasteiger partial charge on any atom is 0.151 e. The van der Waals surface area contributed by atoms with Gasteiger partial charge in [0.2, 0.25) is 0 Å². The van der Waals surface area contributed by atoms with Crippen molar-refractivity contribution < 1.29 is 0 Å². The molecule has 0 bridgehead atoms. The monoisotopic (exact) mass is 215 g/mol. The van der Waals surface area contributed by atoms with Gasteiger partial charge in [0.25, 0.3) is 0 Å². The quantitative estimate of drug-likeness (QED) is 0.754. The molecule has 0 unspecified atom stereocenters.